The third kappa shape index (κ3) is 4.95. The Morgan fingerprint density at radius 2 is 1.94 bits per heavy atom. The minimum absolute atomic E-state index is 0.0985. The molecule has 176 valence electrons. The topological polar surface area (TPSA) is 98.5 Å². The van der Waals surface area contributed by atoms with Gasteiger partial charge in [-0.2, -0.15) is 5.10 Å². The number of phenolic OH excluding ortho intramolecular Hbond substituents is 1. The van der Waals surface area contributed by atoms with Gasteiger partial charge < -0.3 is 19.9 Å². The fourth-order valence-corrected chi connectivity index (χ4v) is 4.01. The summed E-state index contributed by atoms with van der Waals surface area (Å²) in [7, 11) is 0. The van der Waals surface area contributed by atoms with E-state index in [0.29, 0.717) is 16.6 Å². The summed E-state index contributed by atoms with van der Waals surface area (Å²) in [5, 5.41) is 19.0. The highest BCUT2D eigenvalue weighted by atomic mass is 16.6. The van der Waals surface area contributed by atoms with Crippen molar-refractivity contribution in [2.75, 3.05) is 6.61 Å². The minimum Gasteiger partial charge on any atom is -0.506 e. The van der Waals surface area contributed by atoms with E-state index in [1.807, 2.05) is 63.6 Å². The molecule has 1 unspecified atom stereocenters. The Hall–Kier alpha value is -3.13. The fourth-order valence-electron chi connectivity index (χ4n) is 4.01. The molecule has 3 heterocycles. The molecule has 2 aromatic heterocycles. The molecule has 0 bridgehead atoms. The lowest BCUT2D eigenvalue weighted by Gasteiger charge is -2.29. The van der Waals surface area contributed by atoms with E-state index in [1.165, 1.54) is 0 Å². The Morgan fingerprint density at radius 3 is 2.58 bits per heavy atom. The van der Waals surface area contributed by atoms with Crippen LogP contribution in [0.4, 0.5) is 4.79 Å². The number of carbonyl (C=O) groups excluding carboxylic acids is 1. The number of nitrogens with zero attached hydrogens (tertiary/aromatic N) is 3. The standard InChI is InChI=1S/C25H32N4O4/c1-24(2,3)33-23(31)28-25(4,5)16-9-11-19(26-14-16)17-10-12-20-18(22(17)30)15-27-29(20)21-8-6-7-13-32-21/h9-12,14-15,21,30H,6-8,13H2,1-5H3,(H,28,31). The van der Waals surface area contributed by atoms with E-state index in [1.54, 1.807) is 12.4 Å². The molecule has 33 heavy (non-hydrogen) atoms. The number of pyridine rings is 1. The molecule has 0 spiro atoms. The second-order valence-electron chi connectivity index (χ2n) is 9.99. The number of amides is 1. The average Bonchev–Trinajstić information content (AvgIpc) is 3.18. The van der Waals surface area contributed by atoms with Gasteiger partial charge in [0.25, 0.3) is 0 Å². The van der Waals surface area contributed by atoms with Gasteiger partial charge in [0.2, 0.25) is 0 Å². The fraction of sp³-hybridized carbons (Fsp3) is 0.480. The molecule has 3 aromatic rings. The van der Waals surface area contributed by atoms with Gasteiger partial charge >= 0.3 is 6.09 Å². The number of aromatic hydroxyl groups is 1. The van der Waals surface area contributed by atoms with Crippen LogP contribution >= 0.6 is 0 Å². The van der Waals surface area contributed by atoms with E-state index >= 15 is 0 Å². The quantitative estimate of drug-likeness (QED) is 0.560. The van der Waals surface area contributed by atoms with E-state index < -0.39 is 17.2 Å². The number of fused-ring (bicyclic) bond motifs is 1. The molecule has 8 nitrogen and oxygen atoms in total. The van der Waals surface area contributed by atoms with E-state index in [0.717, 1.165) is 36.9 Å². The lowest BCUT2D eigenvalue weighted by Crippen LogP contribution is -2.43. The molecule has 1 aliphatic rings. The Kier molecular flexibility index (Phi) is 6.05. The highest BCUT2D eigenvalue weighted by Gasteiger charge is 2.27. The number of aromatic nitrogens is 3. The molecule has 0 radical (unpaired) electrons. The SMILES string of the molecule is CC(C)(C)OC(=O)NC(C)(C)c1ccc(-c2ccc3c(cnn3C3CCCCO3)c2O)nc1. The number of hydrogen-bond acceptors (Lipinski definition) is 6. The molecule has 1 aliphatic heterocycles. The zero-order chi connectivity index (χ0) is 23.8. The minimum atomic E-state index is -0.680. The number of alkyl carbamates (subject to hydrolysis) is 1. The molecular formula is C25H32N4O4. The molecule has 0 aliphatic carbocycles. The molecule has 1 aromatic carbocycles. The second-order valence-corrected chi connectivity index (χ2v) is 9.99. The molecule has 2 N–H and O–H groups in total. The third-order valence-corrected chi connectivity index (χ3v) is 5.76. The normalized spacial score (nSPS) is 17.2. The maximum atomic E-state index is 12.2. The molecule has 1 amide bonds. The summed E-state index contributed by atoms with van der Waals surface area (Å²) >= 11 is 0. The van der Waals surface area contributed by atoms with Crippen molar-refractivity contribution in [2.45, 2.75) is 71.2 Å². The van der Waals surface area contributed by atoms with Gasteiger partial charge in [-0.05, 0) is 77.6 Å². The molecule has 1 atom stereocenters. The highest BCUT2D eigenvalue weighted by molar-refractivity contribution is 5.92. The number of ether oxygens (including phenoxy) is 2. The molecule has 1 saturated heterocycles. The van der Waals surface area contributed by atoms with Crippen LogP contribution in [0.5, 0.6) is 5.75 Å². The molecular weight excluding hydrogens is 420 g/mol. The summed E-state index contributed by atoms with van der Waals surface area (Å²) in [5.74, 6) is 0.140. The van der Waals surface area contributed by atoms with Gasteiger partial charge in [-0.3, -0.25) is 4.98 Å². The third-order valence-electron chi connectivity index (χ3n) is 5.76. The monoisotopic (exact) mass is 452 g/mol. The van der Waals surface area contributed by atoms with E-state index in [2.05, 4.69) is 15.4 Å². The van der Waals surface area contributed by atoms with Crippen molar-refractivity contribution in [1.82, 2.24) is 20.1 Å². The van der Waals surface area contributed by atoms with Gasteiger partial charge in [0.05, 0.1) is 28.3 Å². The number of benzene rings is 1. The van der Waals surface area contributed by atoms with Gasteiger partial charge in [-0.25, -0.2) is 9.48 Å². The van der Waals surface area contributed by atoms with Crippen LogP contribution in [0.3, 0.4) is 0 Å². The van der Waals surface area contributed by atoms with Gasteiger partial charge in [0, 0.05) is 18.4 Å². The van der Waals surface area contributed by atoms with Crippen LogP contribution in [0.25, 0.3) is 22.2 Å². The van der Waals surface area contributed by atoms with Crippen LogP contribution in [0.15, 0.2) is 36.7 Å². The number of hydrogen-bond donors (Lipinski definition) is 2. The first-order chi connectivity index (χ1) is 15.5. The Bertz CT molecular complexity index is 1140. The lowest BCUT2D eigenvalue weighted by atomic mass is 9.95. The lowest BCUT2D eigenvalue weighted by molar-refractivity contribution is -0.0366. The molecule has 0 saturated carbocycles. The van der Waals surface area contributed by atoms with Crippen LogP contribution in [-0.2, 0) is 15.0 Å². The Morgan fingerprint density at radius 1 is 1.15 bits per heavy atom. The van der Waals surface area contributed by atoms with Crippen LogP contribution in [0, 0.1) is 0 Å². The van der Waals surface area contributed by atoms with Crippen LogP contribution in [-0.4, -0.2) is 38.2 Å². The van der Waals surface area contributed by atoms with E-state index in [-0.39, 0.29) is 12.0 Å². The summed E-state index contributed by atoms with van der Waals surface area (Å²) in [4.78, 5) is 16.8. The first kappa shape index (κ1) is 23.0. The second kappa shape index (κ2) is 8.67. The van der Waals surface area contributed by atoms with Crippen molar-refractivity contribution in [3.63, 3.8) is 0 Å². The smallest absolute Gasteiger partial charge is 0.408 e. The Balaban J connectivity index is 1.56. The van der Waals surface area contributed by atoms with E-state index in [9.17, 15) is 9.90 Å². The van der Waals surface area contributed by atoms with Crippen LogP contribution in [0.1, 0.15) is 65.7 Å². The Labute approximate surface area is 193 Å². The van der Waals surface area contributed by atoms with Crippen LogP contribution in [0.2, 0.25) is 0 Å². The maximum Gasteiger partial charge on any atom is 0.408 e. The molecule has 4 rings (SSSR count). The summed E-state index contributed by atoms with van der Waals surface area (Å²) in [6, 6.07) is 7.52. The predicted octanol–water partition coefficient (Wildman–Crippen LogP) is 5.26. The van der Waals surface area contributed by atoms with Gasteiger partial charge in [-0.1, -0.05) is 6.07 Å². The number of carbonyl (C=O) groups is 1. The van der Waals surface area contributed by atoms with Crippen molar-refractivity contribution in [2.24, 2.45) is 0 Å². The zero-order valence-electron chi connectivity index (χ0n) is 19.9. The number of nitrogens with one attached hydrogen (secondary N) is 1. The maximum absolute atomic E-state index is 12.2. The van der Waals surface area contributed by atoms with Crippen molar-refractivity contribution < 1.29 is 19.4 Å². The van der Waals surface area contributed by atoms with Crippen molar-refractivity contribution in [3.8, 4) is 17.0 Å². The number of phenols is 1. The highest BCUT2D eigenvalue weighted by Crippen LogP contribution is 2.37. The first-order valence-corrected chi connectivity index (χ1v) is 11.3. The molecule has 1 fully saturated rings. The zero-order valence-corrected chi connectivity index (χ0v) is 19.9. The molecule has 8 heteroatoms. The summed E-state index contributed by atoms with van der Waals surface area (Å²) in [6.07, 6.45) is 5.87. The van der Waals surface area contributed by atoms with Gasteiger partial charge in [0.1, 0.15) is 11.4 Å². The van der Waals surface area contributed by atoms with Crippen molar-refractivity contribution >= 4 is 17.0 Å². The average molecular weight is 453 g/mol. The first-order valence-electron chi connectivity index (χ1n) is 11.3. The van der Waals surface area contributed by atoms with Crippen molar-refractivity contribution in [1.29, 1.82) is 0 Å². The van der Waals surface area contributed by atoms with Gasteiger partial charge in [-0.15, -0.1) is 0 Å². The largest absolute Gasteiger partial charge is 0.506 e. The van der Waals surface area contributed by atoms with Crippen molar-refractivity contribution in [3.05, 3.63) is 42.2 Å². The number of rotatable bonds is 4. The van der Waals surface area contributed by atoms with Crippen LogP contribution < -0.4 is 5.32 Å². The predicted molar refractivity (Wildman–Crippen MR) is 126 cm³/mol. The summed E-state index contributed by atoms with van der Waals surface area (Å²) in [5.41, 5.74) is 1.66. The van der Waals surface area contributed by atoms with Gasteiger partial charge in [0.15, 0.2) is 6.23 Å². The summed E-state index contributed by atoms with van der Waals surface area (Å²) in [6.45, 7) is 9.98. The summed E-state index contributed by atoms with van der Waals surface area (Å²) < 4.78 is 13.1. The van der Waals surface area contributed by atoms with E-state index in [4.69, 9.17) is 9.47 Å².